The molecule has 0 saturated carbocycles. The van der Waals surface area contributed by atoms with E-state index in [4.69, 9.17) is 5.73 Å². The van der Waals surface area contributed by atoms with Crippen LogP contribution in [0.25, 0.3) is 0 Å². The molecule has 1 aliphatic heterocycles. The van der Waals surface area contributed by atoms with E-state index in [2.05, 4.69) is 12.2 Å². The molecule has 3 amide bonds. The van der Waals surface area contributed by atoms with Crippen molar-refractivity contribution in [2.24, 2.45) is 5.73 Å². The van der Waals surface area contributed by atoms with Crippen molar-refractivity contribution in [3.05, 3.63) is 0 Å². The van der Waals surface area contributed by atoms with Crippen LogP contribution in [-0.2, 0) is 4.79 Å². The van der Waals surface area contributed by atoms with E-state index in [9.17, 15) is 9.59 Å². The molecule has 0 aromatic carbocycles. The molecule has 1 aliphatic rings. The topological polar surface area (TPSA) is 78.7 Å². The van der Waals surface area contributed by atoms with Gasteiger partial charge in [0.25, 0.3) is 0 Å². The summed E-state index contributed by atoms with van der Waals surface area (Å²) in [4.78, 5) is 27.2. The Balaban J connectivity index is 2.35. The molecule has 1 fully saturated rings. The molecular weight excluding hydrogens is 256 g/mol. The molecule has 0 spiro atoms. The van der Waals surface area contributed by atoms with E-state index in [0.717, 1.165) is 25.8 Å². The van der Waals surface area contributed by atoms with Gasteiger partial charge in [0.05, 0.1) is 5.54 Å². The Morgan fingerprint density at radius 1 is 1.15 bits per heavy atom. The number of piperazine rings is 1. The maximum absolute atomic E-state index is 12.0. The van der Waals surface area contributed by atoms with Crippen molar-refractivity contribution in [1.29, 1.82) is 0 Å². The lowest BCUT2D eigenvalue weighted by atomic mass is 10.0. The quantitative estimate of drug-likeness (QED) is 0.707. The molecule has 1 saturated heterocycles. The Bertz CT molecular complexity index is 336. The lowest BCUT2D eigenvalue weighted by molar-refractivity contribution is -0.129. The summed E-state index contributed by atoms with van der Waals surface area (Å²) in [6, 6.07) is -0.00219. The van der Waals surface area contributed by atoms with Gasteiger partial charge in [-0.15, -0.1) is 0 Å². The largest absolute Gasteiger partial charge is 0.368 e. The number of hydrogen-bond acceptors (Lipinski definition) is 3. The van der Waals surface area contributed by atoms with Gasteiger partial charge in [0, 0.05) is 32.7 Å². The first kappa shape index (κ1) is 16.8. The first-order valence-corrected chi connectivity index (χ1v) is 7.47. The summed E-state index contributed by atoms with van der Waals surface area (Å²) in [6.07, 6.45) is 3.31. The number of urea groups is 1. The van der Waals surface area contributed by atoms with Crippen LogP contribution >= 0.6 is 0 Å². The predicted molar refractivity (Wildman–Crippen MR) is 79.3 cm³/mol. The normalized spacial score (nSPS) is 17.1. The van der Waals surface area contributed by atoms with E-state index < -0.39 is 5.54 Å². The molecule has 0 aromatic rings. The van der Waals surface area contributed by atoms with Gasteiger partial charge in [-0.25, -0.2) is 4.79 Å². The molecule has 1 rings (SSSR count). The molecular formula is C14H28N4O2. The summed E-state index contributed by atoms with van der Waals surface area (Å²) in [5.41, 5.74) is 4.77. The van der Waals surface area contributed by atoms with Crippen LogP contribution < -0.4 is 11.1 Å². The monoisotopic (exact) mass is 284 g/mol. The van der Waals surface area contributed by atoms with Gasteiger partial charge in [-0.3, -0.25) is 9.69 Å². The molecule has 0 aromatic heterocycles. The Kier molecular flexibility index (Phi) is 6.26. The fourth-order valence-electron chi connectivity index (χ4n) is 2.31. The van der Waals surface area contributed by atoms with Gasteiger partial charge in [-0.2, -0.15) is 0 Å². The van der Waals surface area contributed by atoms with Crippen molar-refractivity contribution in [1.82, 2.24) is 15.1 Å². The van der Waals surface area contributed by atoms with Crippen LogP contribution in [0.5, 0.6) is 0 Å². The van der Waals surface area contributed by atoms with E-state index in [1.807, 2.05) is 18.7 Å². The fourth-order valence-corrected chi connectivity index (χ4v) is 2.31. The first-order chi connectivity index (χ1) is 9.39. The molecule has 1 heterocycles. The van der Waals surface area contributed by atoms with Gasteiger partial charge in [-0.05, 0) is 20.3 Å². The molecule has 0 aliphatic carbocycles. The number of nitrogens with one attached hydrogen (secondary N) is 1. The molecule has 0 unspecified atom stereocenters. The van der Waals surface area contributed by atoms with Crippen LogP contribution in [0.1, 0.15) is 40.0 Å². The van der Waals surface area contributed by atoms with Crippen molar-refractivity contribution >= 4 is 11.9 Å². The highest BCUT2D eigenvalue weighted by atomic mass is 16.2. The van der Waals surface area contributed by atoms with Crippen molar-refractivity contribution < 1.29 is 9.59 Å². The smallest absolute Gasteiger partial charge is 0.317 e. The standard InChI is InChI=1S/C14H28N4O2/c1-4-5-6-7-16-13(20)17-8-10-18(11-9-17)14(2,3)12(15)19/h4-11H2,1-3H3,(H2,15,19)(H,16,20). The fraction of sp³-hybridized carbons (Fsp3) is 0.857. The second-order valence-corrected chi connectivity index (χ2v) is 5.84. The summed E-state index contributed by atoms with van der Waals surface area (Å²) in [5, 5.41) is 2.94. The number of nitrogens with two attached hydrogens (primary N) is 1. The lowest BCUT2D eigenvalue weighted by Gasteiger charge is -2.42. The second kappa shape index (κ2) is 7.47. The third-order valence-corrected chi connectivity index (χ3v) is 4.02. The average Bonchev–Trinajstić information content (AvgIpc) is 2.43. The van der Waals surface area contributed by atoms with Gasteiger partial charge < -0.3 is 16.0 Å². The van der Waals surface area contributed by atoms with Crippen molar-refractivity contribution in [2.75, 3.05) is 32.7 Å². The highest BCUT2D eigenvalue weighted by Gasteiger charge is 2.35. The Morgan fingerprint density at radius 2 is 1.75 bits per heavy atom. The van der Waals surface area contributed by atoms with Crippen molar-refractivity contribution in [3.63, 3.8) is 0 Å². The van der Waals surface area contributed by atoms with Gasteiger partial charge >= 0.3 is 6.03 Å². The zero-order chi connectivity index (χ0) is 15.2. The third kappa shape index (κ3) is 4.37. The number of amides is 3. The van der Waals surface area contributed by atoms with Crippen LogP contribution in [0.3, 0.4) is 0 Å². The van der Waals surface area contributed by atoms with Crippen LogP contribution in [0.4, 0.5) is 4.79 Å². The number of unbranched alkanes of at least 4 members (excludes halogenated alkanes) is 2. The Morgan fingerprint density at radius 3 is 2.25 bits per heavy atom. The van der Waals surface area contributed by atoms with Crippen LogP contribution in [0, 0.1) is 0 Å². The summed E-state index contributed by atoms with van der Waals surface area (Å²) in [6.45, 7) is 9.16. The summed E-state index contributed by atoms with van der Waals surface area (Å²) < 4.78 is 0. The molecule has 0 radical (unpaired) electrons. The van der Waals surface area contributed by atoms with E-state index in [1.165, 1.54) is 0 Å². The Hall–Kier alpha value is -1.30. The van der Waals surface area contributed by atoms with E-state index in [-0.39, 0.29) is 11.9 Å². The van der Waals surface area contributed by atoms with Crippen molar-refractivity contribution in [3.8, 4) is 0 Å². The van der Waals surface area contributed by atoms with Crippen LogP contribution in [-0.4, -0.2) is 60.0 Å². The van der Waals surface area contributed by atoms with Gasteiger partial charge in [0.1, 0.15) is 0 Å². The molecule has 116 valence electrons. The number of rotatable bonds is 6. The van der Waals surface area contributed by atoms with E-state index >= 15 is 0 Å². The predicted octanol–water partition coefficient (Wildman–Crippen LogP) is 0.768. The highest BCUT2D eigenvalue weighted by molar-refractivity contribution is 5.83. The van der Waals surface area contributed by atoms with E-state index in [0.29, 0.717) is 26.2 Å². The van der Waals surface area contributed by atoms with Gasteiger partial charge in [-0.1, -0.05) is 19.8 Å². The zero-order valence-corrected chi connectivity index (χ0v) is 12.9. The highest BCUT2D eigenvalue weighted by Crippen LogP contribution is 2.16. The second-order valence-electron chi connectivity index (χ2n) is 5.84. The number of carbonyl (C=O) groups is 2. The molecule has 20 heavy (non-hydrogen) atoms. The molecule has 3 N–H and O–H groups in total. The average molecular weight is 284 g/mol. The molecule has 0 bridgehead atoms. The van der Waals surface area contributed by atoms with Crippen LogP contribution in [0.15, 0.2) is 0 Å². The molecule has 0 atom stereocenters. The molecule has 6 nitrogen and oxygen atoms in total. The minimum absolute atomic E-state index is 0.00219. The lowest BCUT2D eigenvalue weighted by Crippen LogP contribution is -2.61. The SMILES string of the molecule is CCCCCNC(=O)N1CCN(C(C)(C)C(N)=O)CC1. The maximum Gasteiger partial charge on any atom is 0.317 e. The minimum atomic E-state index is -0.649. The number of hydrogen-bond donors (Lipinski definition) is 2. The minimum Gasteiger partial charge on any atom is -0.368 e. The number of nitrogens with zero attached hydrogens (tertiary/aromatic N) is 2. The number of carbonyl (C=O) groups excluding carboxylic acids is 2. The summed E-state index contributed by atoms with van der Waals surface area (Å²) in [7, 11) is 0. The summed E-state index contributed by atoms with van der Waals surface area (Å²) >= 11 is 0. The Labute approximate surface area is 121 Å². The number of primary amides is 1. The zero-order valence-electron chi connectivity index (χ0n) is 12.9. The molecule has 6 heteroatoms. The third-order valence-electron chi connectivity index (χ3n) is 4.02. The first-order valence-electron chi connectivity index (χ1n) is 7.47. The maximum atomic E-state index is 12.0. The van der Waals surface area contributed by atoms with Crippen LogP contribution in [0.2, 0.25) is 0 Å². The van der Waals surface area contributed by atoms with Gasteiger partial charge in [0.2, 0.25) is 5.91 Å². The van der Waals surface area contributed by atoms with E-state index in [1.54, 1.807) is 4.90 Å². The van der Waals surface area contributed by atoms with Gasteiger partial charge in [0.15, 0.2) is 0 Å². The summed E-state index contributed by atoms with van der Waals surface area (Å²) in [5.74, 6) is -0.324. The van der Waals surface area contributed by atoms with Crippen molar-refractivity contribution in [2.45, 2.75) is 45.6 Å².